The fourth-order valence-electron chi connectivity index (χ4n) is 3.42. The topological polar surface area (TPSA) is 74.9 Å². The van der Waals surface area contributed by atoms with Gasteiger partial charge in [0.1, 0.15) is 0 Å². The summed E-state index contributed by atoms with van der Waals surface area (Å²) < 4.78 is 11.8. The van der Waals surface area contributed by atoms with E-state index in [0.29, 0.717) is 30.9 Å². The van der Waals surface area contributed by atoms with Crippen molar-refractivity contribution in [3.63, 3.8) is 0 Å². The Labute approximate surface area is 173 Å². The van der Waals surface area contributed by atoms with E-state index in [9.17, 15) is 0 Å². The van der Waals surface area contributed by atoms with Gasteiger partial charge in [0.05, 0.1) is 25.5 Å². The number of benzene rings is 1. The van der Waals surface area contributed by atoms with E-state index in [4.69, 9.17) is 9.15 Å². The minimum Gasteiger partial charge on any atom is -0.439 e. The lowest BCUT2D eigenvalue weighted by Gasteiger charge is -2.34. The number of ether oxygens (including phenoxy) is 1. The van der Waals surface area contributed by atoms with Crippen LogP contribution in [0.15, 0.2) is 39.9 Å². The van der Waals surface area contributed by atoms with E-state index in [-0.39, 0.29) is 6.10 Å². The Morgan fingerprint density at radius 2 is 2.07 bits per heavy atom. The number of hydrogen-bond acceptors (Lipinski definition) is 5. The Kier molecular flexibility index (Phi) is 7.66. The summed E-state index contributed by atoms with van der Waals surface area (Å²) >= 11 is 0. The molecule has 7 heteroatoms. The van der Waals surface area contributed by atoms with Crippen LogP contribution in [0.5, 0.6) is 0 Å². The third-order valence-corrected chi connectivity index (χ3v) is 4.86. The molecule has 2 heterocycles. The molecule has 1 aliphatic rings. The highest BCUT2D eigenvalue weighted by Crippen LogP contribution is 2.20. The fourth-order valence-corrected chi connectivity index (χ4v) is 3.42. The first-order valence-corrected chi connectivity index (χ1v) is 10.3. The van der Waals surface area contributed by atoms with Crippen molar-refractivity contribution in [3.05, 3.63) is 41.9 Å². The van der Waals surface area contributed by atoms with Crippen LogP contribution in [0.3, 0.4) is 0 Å². The molecule has 158 valence electrons. The molecule has 0 amide bonds. The molecule has 0 bridgehead atoms. The largest absolute Gasteiger partial charge is 0.439 e. The van der Waals surface area contributed by atoms with Crippen molar-refractivity contribution in [2.24, 2.45) is 10.9 Å². The molecule has 29 heavy (non-hydrogen) atoms. The van der Waals surface area contributed by atoms with Crippen LogP contribution in [0.25, 0.3) is 11.3 Å². The van der Waals surface area contributed by atoms with Gasteiger partial charge in [0.15, 0.2) is 11.7 Å². The van der Waals surface area contributed by atoms with E-state index >= 15 is 0 Å². The summed E-state index contributed by atoms with van der Waals surface area (Å²) in [5, 5.41) is 6.60. The van der Waals surface area contributed by atoms with E-state index in [1.165, 1.54) is 5.56 Å². The number of aliphatic imine (C=N–C) groups is 1. The predicted octanol–water partition coefficient (Wildman–Crippen LogP) is 2.67. The molecule has 1 saturated heterocycles. The second kappa shape index (κ2) is 10.4. The van der Waals surface area contributed by atoms with Crippen LogP contribution in [0, 0.1) is 12.8 Å². The molecule has 1 aliphatic heterocycles. The highest BCUT2D eigenvalue weighted by Gasteiger charge is 2.21. The van der Waals surface area contributed by atoms with E-state index in [2.05, 4.69) is 58.4 Å². The lowest BCUT2D eigenvalue weighted by molar-refractivity contribution is -0.0284. The summed E-state index contributed by atoms with van der Waals surface area (Å²) in [7, 11) is 1.76. The SMILES string of the molecule is CN=C(NCc1ncc(-c2ccc(C)cc2)o1)NCC1CN(CC(C)C)CCO1. The Morgan fingerprint density at radius 1 is 1.28 bits per heavy atom. The number of morpholine rings is 1. The molecule has 0 spiro atoms. The molecular formula is C22H33N5O2. The molecule has 2 N–H and O–H groups in total. The Morgan fingerprint density at radius 3 is 2.79 bits per heavy atom. The number of hydrogen-bond donors (Lipinski definition) is 2. The van der Waals surface area contributed by atoms with E-state index in [0.717, 1.165) is 37.6 Å². The number of rotatable bonds is 7. The third kappa shape index (κ3) is 6.58. The maximum absolute atomic E-state index is 5.89. The number of oxazole rings is 1. The molecule has 0 radical (unpaired) electrons. The van der Waals surface area contributed by atoms with Gasteiger partial charge in [-0.2, -0.15) is 0 Å². The molecule has 1 aromatic heterocycles. The summed E-state index contributed by atoms with van der Waals surface area (Å²) in [6.07, 6.45) is 1.92. The predicted molar refractivity (Wildman–Crippen MR) is 116 cm³/mol. The van der Waals surface area contributed by atoms with E-state index < -0.39 is 0 Å². The standard InChI is InChI=1S/C22H33N5O2/c1-16(2)14-27-9-10-28-19(15-27)11-25-22(23-4)26-13-21-24-12-20(29-21)18-7-5-17(3)6-8-18/h5-8,12,16,19H,9-11,13-15H2,1-4H3,(H2,23,25,26). The first-order valence-electron chi connectivity index (χ1n) is 10.3. The zero-order valence-electron chi connectivity index (χ0n) is 17.9. The van der Waals surface area contributed by atoms with E-state index in [1.807, 2.05) is 12.1 Å². The second-order valence-electron chi connectivity index (χ2n) is 7.94. The molecule has 7 nitrogen and oxygen atoms in total. The van der Waals surface area contributed by atoms with Crippen molar-refractivity contribution >= 4 is 5.96 Å². The number of aromatic nitrogens is 1. The van der Waals surface area contributed by atoms with Crippen molar-refractivity contribution in [2.45, 2.75) is 33.4 Å². The smallest absolute Gasteiger partial charge is 0.214 e. The number of aryl methyl sites for hydroxylation is 1. The van der Waals surface area contributed by atoms with Gasteiger partial charge in [0, 0.05) is 38.8 Å². The maximum Gasteiger partial charge on any atom is 0.214 e. The summed E-state index contributed by atoms with van der Waals surface area (Å²) in [5.41, 5.74) is 2.25. The van der Waals surface area contributed by atoms with Crippen LogP contribution in [-0.2, 0) is 11.3 Å². The molecule has 0 saturated carbocycles. The van der Waals surface area contributed by atoms with Crippen LogP contribution in [0.1, 0.15) is 25.3 Å². The molecule has 1 fully saturated rings. The molecule has 1 atom stereocenters. The average molecular weight is 400 g/mol. The fraction of sp³-hybridized carbons (Fsp3) is 0.545. The van der Waals surface area contributed by atoms with Crippen molar-refractivity contribution in [3.8, 4) is 11.3 Å². The van der Waals surface area contributed by atoms with Crippen LogP contribution in [0.2, 0.25) is 0 Å². The number of nitrogens with zero attached hydrogens (tertiary/aromatic N) is 3. The minimum atomic E-state index is 0.163. The van der Waals surface area contributed by atoms with Gasteiger partial charge >= 0.3 is 0 Å². The second-order valence-corrected chi connectivity index (χ2v) is 7.94. The summed E-state index contributed by atoms with van der Waals surface area (Å²) in [6, 6.07) is 8.22. The first kappa shape index (κ1) is 21.3. The first-order chi connectivity index (χ1) is 14.0. The third-order valence-electron chi connectivity index (χ3n) is 4.86. The molecule has 0 aliphatic carbocycles. The quantitative estimate of drug-likeness (QED) is 0.551. The Balaban J connectivity index is 1.45. The Hall–Kier alpha value is -2.38. The van der Waals surface area contributed by atoms with Crippen molar-refractivity contribution < 1.29 is 9.15 Å². The minimum absolute atomic E-state index is 0.163. The monoisotopic (exact) mass is 399 g/mol. The van der Waals surface area contributed by atoms with Crippen LogP contribution >= 0.6 is 0 Å². The van der Waals surface area contributed by atoms with Gasteiger partial charge < -0.3 is 19.8 Å². The maximum atomic E-state index is 5.89. The molecule has 2 aromatic rings. The van der Waals surface area contributed by atoms with Crippen LogP contribution in [-0.4, -0.2) is 61.8 Å². The van der Waals surface area contributed by atoms with Crippen molar-refractivity contribution in [1.82, 2.24) is 20.5 Å². The van der Waals surface area contributed by atoms with Gasteiger partial charge in [0.25, 0.3) is 0 Å². The van der Waals surface area contributed by atoms with Gasteiger partial charge in [0.2, 0.25) is 5.89 Å². The van der Waals surface area contributed by atoms with Crippen molar-refractivity contribution in [1.29, 1.82) is 0 Å². The van der Waals surface area contributed by atoms with Crippen LogP contribution in [0.4, 0.5) is 0 Å². The summed E-state index contributed by atoms with van der Waals surface area (Å²) in [4.78, 5) is 11.1. The lowest BCUT2D eigenvalue weighted by atomic mass is 10.1. The highest BCUT2D eigenvalue weighted by molar-refractivity contribution is 5.79. The van der Waals surface area contributed by atoms with Gasteiger partial charge in [-0.15, -0.1) is 0 Å². The summed E-state index contributed by atoms with van der Waals surface area (Å²) in [6.45, 7) is 11.6. The number of nitrogens with one attached hydrogen (secondary N) is 2. The van der Waals surface area contributed by atoms with Gasteiger partial charge in [-0.05, 0) is 12.8 Å². The van der Waals surface area contributed by atoms with Gasteiger partial charge in [-0.1, -0.05) is 43.7 Å². The van der Waals surface area contributed by atoms with Crippen molar-refractivity contribution in [2.75, 3.05) is 39.8 Å². The molecule has 3 rings (SSSR count). The molecule has 1 aromatic carbocycles. The Bertz CT molecular complexity index is 785. The number of guanidine groups is 1. The average Bonchev–Trinajstić information content (AvgIpc) is 3.17. The van der Waals surface area contributed by atoms with E-state index in [1.54, 1.807) is 13.2 Å². The van der Waals surface area contributed by atoms with Gasteiger partial charge in [-0.3, -0.25) is 9.89 Å². The molecule has 1 unspecified atom stereocenters. The normalized spacial score (nSPS) is 18.2. The summed E-state index contributed by atoms with van der Waals surface area (Å²) in [5.74, 6) is 2.78. The zero-order chi connectivity index (χ0) is 20.6. The van der Waals surface area contributed by atoms with Gasteiger partial charge in [-0.25, -0.2) is 4.98 Å². The van der Waals surface area contributed by atoms with Crippen LogP contribution < -0.4 is 10.6 Å². The highest BCUT2D eigenvalue weighted by atomic mass is 16.5. The lowest BCUT2D eigenvalue weighted by Crippen LogP contribution is -2.50. The molecular weight excluding hydrogens is 366 g/mol. The zero-order valence-corrected chi connectivity index (χ0v) is 17.9.